The number of rotatable bonds is 8. The van der Waals surface area contributed by atoms with Crippen LogP contribution in [0.5, 0.6) is 0 Å². The van der Waals surface area contributed by atoms with Crippen LogP contribution in [0.25, 0.3) is 11.0 Å². The Morgan fingerprint density at radius 2 is 2.04 bits per heavy atom. The summed E-state index contributed by atoms with van der Waals surface area (Å²) in [6.07, 6.45) is 2.07. The van der Waals surface area contributed by atoms with Crippen LogP contribution in [0.2, 0.25) is 0 Å². The number of hydrogen-bond donors (Lipinski definition) is 1. The number of hydrogen-bond acceptors (Lipinski definition) is 4. The zero-order valence-corrected chi connectivity index (χ0v) is 14.4. The maximum atomic E-state index is 11.8. The fourth-order valence-electron chi connectivity index (χ4n) is 2.33. The van der Waals surface area contributed by atoms with E-state index in [2.05, 4.69) is 0 Å². The summed E-state index contributed by atoms with van der Waals surface area (Å²) < 4.78 is 45.3. The molecule has 0 fully saturated rings. The van der Waals surface area contributed by atoms with E-state index < -0.39 is 10.3 Å². The second-order valence-electron chi connectivity index (χ2n) is 5.80. The minimum Gasteiger partial charge on any atom is -0.464 e. The molecule has 6 nitrogen and oxygen atoms in total. The molecule has 1 unspecified atom stereocenters. The second kappa shape index (κ2) is 7.33. The van der Waals surface area contributed by atoms with Crippen LogP contribution >= 0.6 is 0 Å². The third kappa shape index (κ3) is 4.46. The van der Waals surface area contributed by atoms with Crippen molar-refractivity contribution >= 4 is 27.0 Å². The molecular formula is C16H23NO5S. The monoisotopic (exact) mass is 341 g/mol. The largest absolute Gasteiger partial charge is 0.464 e. The first-order valence-electron chi connectivity index (χ1n) is 7.67. The van der Waals surface area contributed by atoms with E-state index in [0.29, 0.717) is 17.9 Å². The normalized spacial score (nSPS) is 13.6. The van der Waals surface area contributed by atoms with E-state index in [-0.39, 0.29) is 18.6 Å². The average Bonchev–Trinajstić information content (AvgIpc) is 2.93. The van der Waals surface area contributed by atoms with Crippen molar-refractivity contribution in [3.63, 3.8) is 0 Å². The fraction of sp³-hybridized carbons (Fsp3) is 0.500. The van der Waals surface area contributed by atoms with Crippen molar-refractivity contribution in [3.05, 3.63) is 30.5 Å². The Bertz CT molecular complexity index is 738. The van der Waals surface area contributed by atoms with Crippen LogP contribution in [0.3, 0.4) is 0 Å². The van der Waals surface area contributed by atoms with Crippen molar-refractivity contribution in [2.75, 3.05) is 17.5 Å². The van der Waals surface area contributed by atoms with E-state index in [1.54, 1.807) is 24.3 Å². The lowest BCUT2D eigenvalue weighted by atomic mass is 10.1. The Kier molecular flexibility index (Phi) is 5.67. The van der Waals surface area contributed by atoms with Crippen molar-refractivity contribution in [1.29, 1.82) is 0 Å². The highest BCUT2D eigenvalue weighted by atomic mass is 32.2. The number of furan rings is 1. The van der Waals surface area contributed by atoms with Crippen molar-refractivity contribution < 1.29 is 22.1 Å². The molecule has 0 aliphatic carbocycles. The van der Waals surface area contributed by atoms with Gasteiger partial charge in [-0.3, -0.25) is 4.55 Å². The third-order valence-corrected chi connectivity index (χ3v) is 4.54. The molecule has 7 heteroatoms. The van der Waals surface area contributed by atoms with Gasteiger partial charge in [0.05, 0.1) is 24.6 Å². The van der Waals surface area contributed by atoms with Crippen molar-refractivity contribution in [2.24, 2.45) is 5.92 Å². The molecule has 1 N–H and O–H groups in total. The number of ether oxygens (including phenoxy) is 1. The Hall–Kier alpha value is -1.57. The van der Waals surface area contributed by atoms with Crippen LogP contribution in [0, 0.1) is 5.92 Å². The van der Waals surface area contributed by atoms with Gasteiger partial charge in [0.25, 0.3) is 0 Å². The Morgan fingerprint density at radius 3 is 2.65 bits per heavy atom. The predicted octanol–water partition coefficient (Wildman–Crippen LogP) is 3.49. The molecule has 1 heterocycles. The summed E-state index contributed by atoms with van der Waals surface area (Å²) in [4.78, 5) is 0. The highest BCUT2D eigenvalue weighted by Gasteiger charge is 2.26. The maximum Gasteiger partial charge on any atom is 0.360 e. The van der Waals surface area contributed by atoms with Crippen molar-refractivity contribution in [1.82, 2.24) is 0 Å². The lowest BCUT2D eigenvalue weighted by Gasteiger charge is -2.28. The quantitative estimate of drug-likeness (QED) is 0.743. The number of fused-ring (bicyclic) bond motifs is 1. The van der Waals surface area contributed by atoms with Gasteiger partial charge in [0, 0.05) is 12.0 Å². The molecule has 23 heavy (non-hydrogen) atoms. The SMILES string of the molecule is CCCOC(CN(c1ccc2occc2c1)S(=O)(=O)O)C(C)C. The summed E-state index contributed by atoms with van der Waals surface area (Å²) in [5.41, 5.74) is 1.04. The first-order chi connectivity index (χ1) is 10.8. The Labute approximate surface area is 136 Å². The zero-order chi connectivity index (χ0) is 17.0. The van der Waals surface area contributed by atoms with Crippen LogP contribution in [0.15, 0.2) is 34.9 Å². The Balaban J connectivity index is 2.32. The summed E-state index contributed by atoms with van der Waals surface area (Å²) in [6.45, 7) is 6.51. The van der Waals surface area contributed by atoms with Gasteiger partial charge >= 0.3 is 10.3 Å². The highest BCUT2D eigenvalue weighted by molar-refractivity contribution is 7.87. The lowest BCUT2D eigenvalue weighted by Crippen LogP contribution is -2.40. The summed E-state index contributed by atoms with van der Waals surface area (Å²) in [5.74, 6) is 0.114. The summed E-state index contributed by atoms with van der Waals surface area (Å²) in [7, 11) is -4.40. The smallest absolute Gasteiger partial charge is 0.360 e. The van der Waals surface area contributed by atoms with E-state index in [1.165, 1.54) is 6.26 Å². The van der Waals surface area contributed by atoms with Gasteiger partial charge in [-0.05, 0) is 36.6 Å². The topological polar surface area (TPSA) is 80.0 Å². The van der Waals surface area contributed by atoms with Crippen molar-refractivity contribution in [2.45, 2.75) is 33.3 Å². The molecule has 0 saturated heterocycles. The number of benzene rings is 1. The van der Waals surface area contributed by atoms with E-state index in [0.717, 1.165) is 16.1 Å². The van der Waals surface area contributed by atoms with Gasteiger partial charge in [-0.2, -0.15) is 8.42 Å². The summed E-state index contributed by atoms with van der Waals surface area (Å²) in [5, 5.41) is 0.770. The molecule has 0 saturated carbocycles. The van der Waals surface area contributed by atoms with Crippen LogP contribution in [-0.4, -0.2) is 32.2 Å². The van der Waals surface area contributed by atoms with E-state index in [1.807, 2.05) is 20.8 Å². The van der Waals surface area contributed by atoms with E-state index >= 15 is 0 Å². The molecule has 0 radical (unpaired) electrons. The van der Waals surface area contributed by atoms with E-state index in [4.69, 9.17) is 9.15 Å². The third-order valence-electron chi connectivity index (χ3n) is 3.63. The lowest BCUT2D eigenvalue weighted by molar-refractivity contribution is 0.0295. The molecule has 0 spiro atoms. The molecular weight excluding hydrogens is 318 g/mol. The predicted molar refractivity (Wildman–Crippen MR) is 90.0 cm³/mol. The number of nitrogens with zero attached hydrogens (tertiary/aromatic N) is 1. The Morgan fingerprint density at radius 1 is 1.30 bits per heavy atom. The minimum absolute atomic E-state index is 0.0554. The molecule has 0 aliphatic rings. The molecule has 128 valence electrons. The van der Waals surface area contributed by atoms with Gasteiger partial charge < -0.3 is 9.15 Å². The number of anilines is 1. The van der Waals surface area contributed by atoms with Crippen LogP contribution < -0.4 is 4.31 Å². The van der Waals surface area contributed by atoms with Gasteiger partial charge in [-0.25, -0.2) is 4.31 Å². The highest BCUT2D eigenvalue weighted by Crippen LogP contribution is 2.26. The van der Waals surface area contributed by atoms with Crippen LogP contribution in [0.1, 0.15) is 27.2 Å². The van der Waals surface area contributed by atoms with Crippen LogP contribution in [0.4, 0.5) is 5.69 Å². The van der Waals surface area contributed by atoms with Crippen LogP contribution in [-0.2, 0) is 15.0 Å². The van der Waals surface area contributed by atoms with Crippen molar-refractivity contribution in [3.8, 4) is 0 Å². The summed E-state index contributed by atoms with van der Waals surface area (Å²) >= 11 is 0. The first-order valence-corrected chi connectivity index (χ1v) is 9.06. The molecule has 0 aliphatic heterocycles. The standard InChI is InChI=1S/C16H23NO5S/c1-4-8-21-16(12(2)3)11-17(23(18,19)20)14-5-6-15-13(10-14)7-9-22-15/h5-7,9-10,12,16H,4,8,11H2,1-3H3,(H,18,19,20). The van der Waals surface area contributed by atoms with Gasteiger partial charge in [0.15, 0.2) is 0 Å². The van der Waals surface area contributed by atoms with Gasteiger partial charge in [0.1, 0.15) is 5.58 Å². The molecule has 1 atom stereocenters. The van der Waals surface area contributed by atoms with E-state index in [9.17, 15) is 13.0 Å². The fourth-order valence-corrected chi connectivity index (χ4v) is 3.05. The first kappa shape index (κ1) is 17.8. The molecule has 1 aromatic heterocycles. The molecule has 0 amide bonds. The minimum atomic E-state index is -4.40. The molecule has 2 rings (SSSR count). The van der Waals surface area contributed by atoms with Gasteiger partial charge in [-0.1, -0.05) is 20.8 Å². The zero-order valence-electron chi connectivity index (χ0n) is 13.6. The average molecular weight is 341 g/mol. The molecule has 0 bridgehead atoms. The van der Waals surface area contributed by atoms with Gasteiger partial charge in [0.2, 0.25) is 0 Å². The molecule has 1 aromatic carbocycles. The van der Waals surface area contributed by atoms with Gasteiger partial charge in [-0.15, -0.1) is 0 Å². The summed E-state index contributed by atoms with van der Waals surface area (Å²) in [6, 6.07) is 6.70. The molecule has 2 aromatic rings. The maximum absolute atomic E-state index is 11.8. The second-order valence-corrected chi connectivity index (χ2v) is 7.14.